The summed E-state index contributed by atoms with van der Waals surface area (Å²) >= 11 is 9.33. The standard InChI is InChI=1S/C17H16ClN3OS2/c1-9-16(24-10(2)20-9)14-8-23-17(21-14)19-7-13-6-11-5-12(18)3-4-15(11)22-13/h3-5,8,13H,6-7H2,1-2H3,(H,19,21). The average Bonchev–Trinajstić information content (AvgIpc) is 3.23. The van der Waals surface area contributed by atoms with Crippen LogP contribution in [0.15, 0.2) is 23.6 Å². The molecule has 0 fully saturated rings. The first-order chi connectivity index (χ1) is 11.6. The van der Waals surface area contributed by atoms with Crippen LogP contribution < -0.4 is 10.1 Å². The Morgan fingerprint density at radius 2 is 2.21 bits per heavy atom. The summed E-state index contributed by atoms with van der Waals surface area (Å²) in [6.45, 7) is 4.77. The van der Waals surface area contributed by atoms with E-state index in [1.165, 1.54) is 5.56 Å². The highest BCUT2D eigenvalue weighted by molar-refractivity contribution is 7.16. The molecule has 4 rings (SSSR count). The predicted octanol–water partition coefficient (Wildman–Crippen LogP) is 4.95. The monoisotopic (exact) mass is 377 g/mol. The summed E-state index contributed by atoms with van der Waals surface area (Å²) in [4.78, 5) is 10.3. The summed E-state index contributed by atoms with van der Waals surface area (Å²) in [5.74, 6) is 0.932. The fourth-order valence-electron chi connectivity index (χ4n) is 2.83. The topological polar surface area (TPSA) is 47.0 Å². The molecule has 0 saturated heterocycles. The van der Waals surface area contributed by atoms with Gasteiger partial charge in [0.15, 0.2) is 5.13 Å². The molecule has 1 aliphatic heterocycles. The number of fused-ring (bicyclic) bond motifs is 1. The number of anilines is 1. The van der Waals surface area contributed by atoms with Gasteiger partial charge in [0.1, 0.15) is 11.9 Å². The Kier molecular flexibility index (Phi) is 4.20. The molecular weight excluding hydrogens is 362 g/mol. The van der Waals surface area contributed by atoms with Crippen LogP contribution in [0.5, 0.6) is 5.75 Å². The Balaban J connectivity index is 1.40. The van der Waals surface area contributed by atoms with Crippen LogP contribution in [-0.4, -0.2) is 22.6 Å². The van der Waals surface area contributed by atoms with E-state index in [0.717, 1.165) is 50.1 Å². The minimum atomic E-state index is 0.109. The smallest absolute Gasteiger partial charge is 0.183 e. The van der Waals surface area contributed by atoms with Crippen molar-refractivity contribution >= 4 is 39.4 Å². The van der Waals surface area contributed by atoms with Crippen molar-refractivity contribution in [2.45, 2.75) is 26.4 Å². The number of benzene rings is 1. The highest BCUT2D eigenvalue weighted by Crippen LogP contribution is 2.33. The molecule has 124 valence electrons. The molecule has 1 unspecified atom stereocenters. The van der Waals surface area contributed by atoms with Gasteiger partial charge >= 0.3 is 0 Å². The second-order valence-electron chi connectivity index (χ2n) is 5.76. The summed E-state index contributed by atoms with van der Waals surface area (Å²) in [7, 11) is 0. The van der Waals surface area contributed by atoms with Gasteiger partial charge in [-0.3, -0.25) is 0 Å². The quantitative estimate of drug-likeness (QED) is 0.698. The van der Waals surface area contributed by atoms with Crippen LogP contribution in [0, 0.1) is 13.8 Å². The molecule has 0 saturated carbocycles. The van der Waals surface area contributed by atoms with Gasteiger partial charge in [-0.1, -0.05) is 11.6 Å². The highest BCUT2D eigenvalue weighted by Gasteiger charge is 2.23. The van der Waals surface area contributed by atoms with Gasteiger partial charge in [0.2, 0.25) is 0 Å². The Bertz CT molecular complexity index is 890. The molecule has 0 bridgehead atoms. The molecule has 3 aromatic rings. The Hall–Kier alpha value is -1.63. The van der Waals surface area contributed by atoms with Crippen molar-refractivity contribution in [1.82, 2.24) is 9.97 Å². The lowest BCUT2D eigenvalue weighted by Crippen LogP contribution is -2.23. The molecule has 0 radical (unpaired) electrons. The number of hydrogen-bond donors (Lipinski definition) is 1. The number of nitrogens with zero attached hydrogens (tertiary/aromatic N) is 2. The van der Waals surface area contributed by atoms with Crippen molar-refractivity contribution in [1.29, 1.82) is 0 Å². The summed E-state index contributed by atoms with van der Waals surface area (Å²) < 4.78 is 5.95. The van der Waals surface area contributed by atoms with Gasteiger partial charge in [0, 0.05) is 16.8 Å². The minimum Gasteiger partial charge on any atom is -0.488 e. The van der Waals surface area contributed by atoms with Gasteiger partial charge in [0.25, 0.3) is 0 Å². The van der Waals surface area contributed by atoms with Crippen LogP contribution in [0.2, 0.25) is 5.02 Å². The molecule has 1 aromatic carbocycles. The van der Waals surface area contributed by atoms with Gasteiger partial charge < -0.3 is 10.1 Å². The number of rotatable bonds is 4. The molecule has 1 aliphatic rings. The lowest BCUT2D eigenvalue weighted by atomic mass is 10.1. The van der Waals surface area contributed by atoms with E-state index in [1.807, 2.05) is 32.0 Å². The van der Waals surface area contributed by atoms with Crippen molar-refractivity contribution in [3.63, 3.8) is 0 Å². The van der Waals surface area contributed by atoms with Crippen LogP contribution >= 0.6 is 34.3 Å². The van der Waals surface area contributed by atoms with Crippen LogP contribution in [0.25, 0.3) is 10.6 Å². The Labute approximate surface area is 153 Å². The number of aromatic nitrogens is 2. The van der Waals surface area contributed by atoms with Crippen LogP contribution in [0.1, 0.15) is 16.3 Å². The Morgan fingerprint density at radius 3 is 3.00 bits per heavy atom. The lowest BCUT2D eigenvalue weighted by molar-refractivity contribution is 0.246. The number of aryl methyl sites for hydroxylation is 2. The predicted molar refractivity (Wildman–Crippen MR) is 101 cm³/mol. The third kappa shape index (κ3) is 3.14. The van der Waals surface area contributed by atoms with E-state index in [1.54, 1.807) is 22.7 Å². The van der Waals surface area contributed by atoms with Crippen LogP contribution in [0.4, 0.5) is 5.13 Å². The molecule has 0 amide bonds. The fraction of sp³-hybridized carbons (Fsp3) is 0.294. The molecule has 24 heavy (non-hydrogen) atoms. The molecule has 0 aliphatic carbocycles. The van der Waals surface area contributed by atoms with Crippen molar-refractivity contribution in [3.8, 4) is 16.3 Å². The van der Waals surface area contributed by atoms with E-state index in [-0.39, 0.29) is 6.10 Å². The average molecular weight is 378 g/mol. The van der Waals surface area contributed by atoms with Crippen molar-refractivity contribution in [2.75, 3.05) is 11.9 Å². The summed E-state index contributed by atoms with van der Waals surface area (Å²) in [6, 6.07) is 5.78. The molecule has 1 atom stereocenters. The molecular formula is C17H16ClN3OS2. The number of nitrogens with one attached hydrogen (secondary N) is 1. The molecule has 7 heteroatoms. The molecule has 0 spiro atoms. The van der Waals surface area contributed by atoms with E-state index in [4.69, 9.17) is 16.3 Å². The minimum absolute atomic E-state index is 0.109. The van der Waals surface area contributed by atoms with Crippen molar-refractivity contribution < 1.29 is 4.74 Å². The highest BCUT2D eigenvalue weighted by atomic mass is 35.5. The first-order valence-electron chi connectivity index (χ1n) is 7.67. The summed E-state index contributed by atoms with van der Waals surface area (Å²) in [6.07, 6.45) is 0.979. The van der Waals surface area contributed by atoms with Gasteiger partial charge in [-0.05, 0) is 37.6 Å². The van der Waals surface area contributed by atoms with E-state index in [2.05, 4.69) is 20.7 Å². The van der Waals surface area contributed by atoms with Gasteiger partial charge in [0.05, 0.1) is 27.8 Å². The molecule has 3 heterocycles. The SMILES string of the molecule is Cc1nc(C)c(-c2csc(NCC3Cc4cc(Cl)ccc4O3)n2)s1. The van der Waals surface area contributed by atoms with Crippen molar-refractivity contribution in [3.05, 3.63) is 44.9 Å². The molecule has 1 N–H and O–H groups in total. The third-order valence-corrected chi connectivity index (χ3v) is 6.02. The van der Waals surface area contributed by atoms with E-state index < -0.39 is 0 Å². The fourth-order valence-corrected chi connectivity index (χ4v) is 4.69. The zero-order valence-corrected chi connectivity index (χ0v) is 15.7. The van der Waals surface area contributed by atoms with Gasteiger partial charge in [-0.15, -0.1) is 22.7 Å². The maximum absolute atomic E-state index is 6.04. The second kappa shape index (κ2) is 6.35. The molecule has 2 aromatic heterocycles. The Morgan fingerprint density at radius 1 is 1.33 bits per heavy atom. The maximum atomic E-state index is 6.04. The zero-order chi connectivity index (χ0) is 16.7. The zero-order valence-electron chi connectivity index (χ0n) is 13.3. The summed E-state index contributed by atoms with van der Waals surface area (Å²) in [5.41, 5.74) is 3.21. The first kappa shape index (κ1) is 15.9. The van der Waals surface area contributed by atoms with Gasteiger partial charge in [-0.25, -0.2) is 9.97 Å². The van der Waals surface area contributed by atoms with E-state index in [9.17, 15) is 0 Å². The van der Waals surface area contributed by atoms with Crippen LogP contribution in [-0.2, 0) is 6.42 Å². The number of halogens is 1. The molecule has 4 nitrogen and oxygen atoms in total. The van der Waals surface area contributed by atoms with Gasteiger partial charge in [-0.2, -0.15) is 0 Å². The normalized spacial score (nSPS) is 16.0. The first-order valence-corrected chi connectivity index (χ1v) is 9.75. The maximum Gasteiger partial charge on any atom is 0.183 e. The third-order valence-electron chi connectivity index (χ3n) is 3.89. The van der Waals surface area contributed by atoms with E-state index >= 15 is 0 Å². The van der Waals surface area contributed by atoms with E-state index in [0.29, 0.717) is 0 Å². The largest absolute Gasteiger partial charge is 0.488 e. The second-order valence-corrected chi connectivity index (χ2v) is 8.26. The van der Waals surface area contributed by atoms with Crippen LogP contribution in [0.3, 0.4) is 0 Å². The van der Waals surface area contributed by atoms with Crippen molar-refractivity contribution in [2.24, 2.45) is 0 Å². The lowest BCUT2D eigenvalue weighted by Gasteiger charge is -2.10. The summed E-state index contributed by atoms with van der Waals surface area (Å²) in [5, 5.41) is 8.20. The number of thiazole rings is 2. The number of ether oxygens (including phenoxy) is 1. The number of hydrogen-bond acceptors (Lipinski definition) is 6.